The van der Waals surface area contributed by atoms with Crippen LogP contribution in [0.3, 0.4) is 0 Å². The van der Waals surface area contributed by atoms with Crippen molar-refractivity contribution in [3.05, 3.63) is 89.2 Å². The Morgan fingerprint density at radius 3 is 2.47 bits per heavy atom. The van der Waals surface area contributed by atoms with Gasteiger partial charge in [-0.05, 0) is 67.1 Å². The SMILES string of the molecule is CCc1ccc(NC(=O)N(Cc2cccn2Cc2ccccc2C)C2CCCCC2)cc1. The lowest BCUT2D eigenvalue weighted by molar-refractivity contribution is 0.161. The Morgan fingerprint density at radius 2 is 1.75 bits per heavy atom. The normalized spacial score (nSPS) is 14.3. The van der Waals surface area contributed by atoms with Gasteiger partial charge in [-0.25, -0.2) is 4.79 Å². The summed E-state index contributed by atoms with van der Waals surface area (Å²) in [6.45, 7) is 5.75. The molecule has 0 spiro atoms. The molecular weight excluding hydrogens is 394 g/mol. The van der Waals surface area contributed by atoms with Gasteiger partial charge in [-0.15, -0.1) is 0 Å². The van der Waals surface area contributed by atoms with Crippen molar-refractivity contribution in [2.75, 3.05) is 5.32 Å². The molecule has 1 fully saturated rings. The van der Waals surface area contributed by atoms with Crippen molar-refractivity contribution < 1.29 is 4.79 Å². The fourth-order valence-corrected chi connectivity index (χ4v) is 4.67. The third-order valence-electron chi connectivity index (χ3n) is 6.75. The third kappa shape index (κ3) is 5.42. The molecule has 2 amide bonds. The smallest absolute Gasteiger partial charge is 0.322 e. The molecule has 4 heteroatoms. The first-order valence-electron chi connectivity index (χ1n) is 12.0. The predicted molar refractivity (Wildman–Crippen MR) is 132 cm³/mol. The van der Waals surface area contributed by atoms with E-state index < -0.39 is 0 Å². The van der Waals surface area contributed by atoms with Gasteiger partial charge in [0.1, 0.15) is 0 Å². The highest BCUT2D eigenvalue weighted by atomic mass is 16.2. The highest BCUT2D eigenvalue weighted by molar-refractivity contribution is 5.89. The van der Waals surface area contributed by atoms with E-state index in [0.29, 0.717) is 12.6 Å². The van der Waals surface area contributed by atoms with Crippen LogP contribution in [-0.4, -0.2) is 21.5 Å². The molecule has 32 heavy (non-hydrogen) atoms. The van der Waals surface area contributed by atoms with E-state index >= 15 is 0 Å². The van der Waals surface area contributed by atoms with Crippen molar-refractivity contribution >= 4 is 11.7 Å². The molecule has 0 aliphatic heterocycles. The molecule has 4 rings (SSSR count). The maximum Gasteiger partial charge on any atom is 0.322 e. The summed E-state index contributed by atoms with van der Waals surface area (Å²) in [6, 6.07) is 21.3. The Labute approximate surface area is 192 Å². The molecule has 0 atom stereocenters. The number of benzene rings is 2. The van der Waals surface area contributed by atoms with Crippen LogP contribution in [0.1, 0.15) is 61.4 Å². The molecule has 2 aromatic carbocycles. The Hall–Kier alpha value is -3.01. The summed E-state index contributed by atoms with van der Waals surface area (Å²) in [4.78, 5) is 15.5. The largest absolute Gasteiger partial charge is 0.345 e. The van der Waals surface area contributed by atoms with E-state index in [0.717, 1.165) is 31.5 Å². The number of carbonyl (C=O) groups excluding carboxylic acids is 1. The van der Waals surface area contributed by atoms with Gasteiger partial charge < -0.3 is 14.8 Å². The number of nitrogens with one attached hydrogen (secondary N) is 1. The summed E-state index contributed by atoms with van der Waals surface area (Å²) < 4.78 is 2.28. The number of amides is 2. The van der Waals surface area contributed by atoms with Gasteiger partial charge >= 0.3 is 6.03 Å². The van der Waals surface area contributed by atoms with E-state index in [1.807, 2.05) is 12.1 Å². The van der Waals surface area contributed by atoms with E-state index in [1.165, 1.54) is 41.6 Å². The topological polar surface area (TPSA) is 37.3 Å². The highest BCUT2D eigenvalue weighted by Gasteiger charge is 2.26. The van der Waals surface area contributed by atoms with Crippen LogP contribution in [0.25, 0.3) is 0 Å². The summed E-state index contributed by atoms with van der Waals surface area (Å²) in [6.07, 6.45) is 8.96. The highest BCUT2D eigenvalue weighted by Crippen LogP contribution is 2.26. The zero-order valence-corrected chi connectivity index (χ0v) is 19.4. The summed E-state index contributed by atoms with van der Waals surface area (Å²) >= 11 is 0. The molecule has 1 aromatic heterocycles. The summed E-state index contributed by atoms with van der Waals surface area (Å²) in [7, 11) is 0. The van der Waals surface area contributed by atoms with Crippen LogP contribution in [0.15, 0.2) is 66.9 Å². The van der Waals surface area contributed by atoms with E-state index in [1.54, 1.807) is 0 Å². The average molecular weight is 430 g/mol. The number of aromatic nitrogens is 1. The fourth-order valence-electron chi connectivity index (χ4n) is 4.67. The minimum atomic E-state index is 0.00444. The second-order valence-electron chi connectivity index (χ2n) is 8.95. The van der Waals surface area contributed by atoms with Crippen molar-refractivity contribution in [2.45, 2.75) is 71.5 Å². The second kappa shape index (κ2) is 10.5. The minimum absolute atomic E-state index is 0.00444. The van der Waals surface area contributed by atoms with Crippen LogP contribution in [0.2, 0.25) is 0 Å². The van der Waals surface area contributed by atoms with Gasteiger partial charge in [0, 0.05) is 30.2 Å². The zero-order chi connectivity index (χ0) is 22.3. The summed E-state index contributed by atoms with van der Waals surface area (Å²) in [5.74, 6) is 0. The Kier molecular flexibility index (Phi) is 7.31. The Balaban J connectivity index is 1.53. The minimum Gasteiger partial charge on any atom is -0.345 e. The molecule has 4 nitrogen and oxygen atoms in total. The third-order valence-corrected chi connectivity index (χ3v) is 6.75. The molecule has 1 heterocycles. The zero-order valence-electron chi connectivity index (χ0n) is 19.4. The van der Waals surface area contributed by atoms with E-state index in [-0.39, 0.29) is 6.03 Å². The van der Waals surface area contributed by atoms with Crippen LogP contribution in [0, 0.1) is 6.92 Å². The van der Waals surface area contributed by atoms with Gasteiger partial charge in [0.2, 0.25) is 0 Å². The Morgan fingerprint density at radius 1 is 1.00 bits per heavy atom. The monoisotopic (exact) mass is 429 g/mol. The van der Waals surface area contributed by atoms with Gasteiger partial charge in [0.25, 0.3) is 0 Å². The van der Waals surface area contributed by atoms with Gasteiger partial charge in [-0.1, -0.05) is 62.6 Å². The van der Waals surface area contributed by atoms with Gasteiger partial charge in [0.15, 0.2) is 0 Å². The van der Waals surface area contributed by atoms with Crippen LogP contribution in [0.4, 0.5) is 10.5 Å². The lowest BCUT2D eigenvalue weighted by Gasteiger charge is -2.34. The predicted octanol–water partition coefficient (Wildman–Crippen LogP) is 6.77. The summed E-state index contributed by atoms with van der Waals surface area (Å²) in [5.41, 5.74) is 5.93. The lowest BCUT2D eigenvalue weighted by atomic mass is 9.94. The Bertz CT molecular complexity index is 1020. The maximum absolute atomic E-state index is 13.4. The number of anilines is 1. The van der Waals surface area contributed by atoms with Crippen LogP contribution in [0.5, 0.6) is 0 Å². The lowest BCUT2D eigenvalue weighted by Crippen LogP contribution is -2.43. The van der Waals surface area contributed by atoms with Crippen LogP contribution >= 0.6 is 0 Å². The van der Waals surface area contributed by atoms with Crippen molar-refractivity contribution in [1.82, 2.24) is 9.47 Å². The number of hydrogen-bond acceptors (Lipinski definition) is 1. The average Bonchev–Trinajstić information content (AvgIpc) is 3.26. The number of hydrogen-bond donors (Lipinski definition) is 1. The van der Waals surface area contributed by atoms with Crippen molar-refractivity contribution in [2.24, 2.45) is 0 Å². The van der Waals surface area contributed by atoms with Crippen molar-refractivity contribution in [3.8, 4) is 0 Å². The molecule has 3 aromatic rings. The first kappa shape index (κ1) is 22.2. The van der Waals surface area contributed by atoms with E-state index in [9.17, 15) is 4.79 Å². The number of nitrogens with zero attached hydrogens (tertiary/aromatic N) is 2. The quantitative estimate of drug-likeness (QED) is 0.442. The van der Waals surface area contributed by atoms with Gasteiger partial charge in [0.05, 0.1) is 6.54 Å². The molecule has 1 N–H and O–H groups in total. The molecule has 1 aliphatic rings. The number of carbonyl (C=O) groups is 1. The van der Waals surface area contributed by atoms with Gasteiger partial charge in [-0.2, -0.15) is 0 Å². The molecule has 1 aliphatic carbocycles. The molecular formula is C28H35N3O. The number of aryl methyl sites for hydroxylation is 2. The molecule has 0 saturated heterocycles. The molecule has 0 radical (unpaired) electrons. The molecule has 168 valence electrons. The maximum atomic E-state index is 13.4. The second-order valence-corrected chi connectivity index (χ2v) is 8.95. The van der Waals surface area contributed by atoms with E-state index in [4.69, 9.17) is 0 Å². The van der Waals surface area contributed by atoms with Crippen LogP contribution in [-0.2, 0) is 19.5 Å². The van der Waals surface area contributed by atoms with Crippen molar-refractivity contribution in [1.29, 1.82) is 0 Å². The fraction of sp³-hybridized carbons (Fsp3) is 0.393. The standard InChI is InChI=1S/C28H35N3O/c1-3-23-15-17-25(18-16-23)29-28(32)31(26-12-5-4-6-13-26)21-27-14-9-19-30(27)20-24-11-8-7-10-22(24)2/h7-11,14-19,26H,3-6,12-13,20-21H2,1-2H3,(H,29,32). The van der Waals surface area contributed by atoms with E-state index in [2.05, 4.69) is 83.4 Å². The van der Waals surface area contributed by atoms with Crippen molar-refractivity contribution in [3.63, 3.8) is 0 Å². The molecule has 0 bridgehead atoms. The number of urea groups is 1. The summed E-state index contributed by atoms with van der Waals surface area (Å²) in [5, 5.41) is 3.16. The molecule has 0 unspecified atom stereocenters. The molecule has 1 saturated carbocycles. The van der Waals surface area contributed by atoms with Crippen LogP contribution < -0.4 is 5.32 Å². The first-order valence-corrected chi connectivity index (χ1v) is 12.0. The van der Waals surface area contributed by atoms with Gasteiger partial charge in [-0.3, -0.25) is 0 Å². The first-order chi connectivity index (χ1) is 15.6. The number of rotatable bonds is 7.